The highest BCUT2D eigenvalue weighted by atomic mass is 16.5. The van der Waals surface area contributed by atoms with E-state index in [9.17, 15) is 9.90 Å². The second-order valence-electron chi connectivity index (χ2n) is 7.73. The molecule has 2 aromatic carbocycles. The molecule has 146 valence electrons. The average Bonchev–Trinajstić information content (AvgIpc) is 3.02. The summed E-state index contributed by atoms with van der Waals surface area (Å²) in [5.41, 5.74) is 2.01. The molecule has 2 heterocycles. The van der Waals surface area contributed by atoms with Crippen LogP contribution in [0.2, 0.25) is 0 Å². The molecular weight excluding hydrogens is 354 g/mol. The molecular formula is C23H26NO4+. The third kappa shape index (κ3) is 3.50. The lowest BCUT2D eigenvalue weighted by atomic mass is 9.98. The van der Waals surface area contributed by atoms with E-state index in [0.717, 1.165) is 30.1 Å². The molecule has 0 radical (unpaired) electrons. The van der Waals surface area contributed by atoms with Crippen molar-refractivity contribution in [3.63, 3.8) is 0 Å². The first-order valence-electron chi connectivity index (χ1n) is 9.82. The van der Waals surface area contributed by atoms with Gasteiger partial charge in [-0.25, -0.2) is 0 Å². The SMILES string of the molecule is COc1ccccc1C=C1Oc2c(ccc(O)c2C[NH+]2CCC(C)CC2)C1=O. The van der Waals surface area contributed by atoms with Crippen LogP contribution in [0.5, 0.6) is 17.2 Å². The lowest BCUT2D eigenvalue weighted by Gasteiger charge is -2.27. The van der Waals surface area contributed by atoms with Crippen LogP contribution in [-0.2, 0) is 6.54 Å². The molecule has 28 heavy (non-hydrogen) atoms. The van der Waals surface area contributed by atoms with E-state index >= 15 is 0 Å². The first-order valence-corrected chi connectivity index (χ1v) is 9.82. The molecule has 0 aromatic heterocycles. The molecule has 0 aliphatic carbocycles. The number of piperidine rings is 1. The summed E-state index contributed by atoms with van der Waals surface area (Å²) >= 11 is 0. The summed E-state index contributed by atoms with van der Waals surface area (Å²) in [6.07, 6.45) is 4.07. The summed E-state index contributed by atoms with van der Waals surface area (Å²) in [5.74, 6) is 2.22. The minimum atomic E-state index is -0.163. The van der Waals surface area contributed by atoms with Crippen LogP contribution in [0, 0.1) is 5.92 Å². The van der Waals surface area contributed by atoms with Gasteiger partial charge in [-0.2, -0.15) is 0 Å². The second kappa shape index (κ2) is 7.68. The number of quaternary nitrogens is 1. The molecule has 1 saturated heterocycles. The van der Waals surface area contributed by atoms with E-state index in [1.54, 1.807) is 25.3 Å². The Morgan fingerprint density at radius 3 is 2.71 bits per heavy atom. The molecule has 0 saturated carbocycles. The highest BCUT2D eigenvalue weighted by Crippen LogP contribution is 2.39. The van der Waals surface area contributed by atoms with E-state index in [2.05, 4.69) is 6.92 Å². The number of carbonyl (C=O) groups excluding carboxylic acids is 1. The van der Waals surface area contributed by atoms with Crippen molar-refractivity contribution < 1.29 is 24.3 Å². The maximum Gasteiger partial charge on any atom is 0.231 e. The van der Waals surface area contributed by atoms with Gasteiger partial charge in [0.05, 0.1) is 31.3 Å². The maximum atomic E-state index is 12.9. The number of ether oxygens (including phenoxy) is 2. The molecule has 2 aliphatic rings. The summed E-state index contributed by atoms with van der Waals surface area (Å²) in [6.45, 7) is 5.09. The molecule has 0 spiro atoms. The number of allylic oxidation sites excluding steroid dienone is 1. The fourth-order valence-corrected chi connectivity index (χ4v) is 3.99. The summed E-state index contributed by atoms with van der Waals surface area (Å²) < 4.78 is 11.3. The van der Waals surface area contributed by atoms with Crippen molar-refractivity contribution in [3.8, 4) is 17.2 Å². The van der Waals surface area contributed by atoms with Crippen molar-refractivity contribution in [2.45, 2.75) is 26.3 Å². The highest BCUT2D eigenvalue weighted by Gasteiger charge is 2.33. The molecule has 0 bridgehead atoms. The molecule has 0 unspecified atom stereocenters. The number of benzene rings is 2. The minimum Gasteiger partial charge on any atom is -0.507 e. The Hall–Kier alpha value is -2.79. The fourth-order valence-electron chi connectivity index (χ4n) is 3.99. The van der Waals surface area contributed by atoms with E-state index in [1.165, 1.54) is 17.7 Å². The Kier molecular flexibility index (Phi) is 5.09. The molecule has 1 fully saturated rings. The summed E-state index contributed by atoms with van der Waals surface area (Å²) in [5, 5.41) is 10.5. The first kappa shape index (κ1) is 18.6. The van der Waals surface area contributed by atoms with E-state index in [0.29, 0.717) is 23.6 Å². The fraction of sp³-hybridized carbons (Fsp3) is 0.348. The summed E-state index contributed by atoms with van der Waals surface area (Å²) in [4.78, 5) is 14.3. The molecule has 5 nitrogen and oxygen atoms in total. The Labute approximate surface area is 165 Å². The van der Waals surface area contributed by atoms with Gasteiger partial charge in [-0.1, -0.05) is 25.1 Å². The molecule has 0 atom stereocenters. The average molecular weight is 380 g/mol. The number of likely N-dealkylation sites (tertiary alicyclic amines) is 1. The molecule has 2 N–H and O–H groups in total. The van der Waals surface area contributed by atoms with Crippen LogP contribution < -0.4 is 14.4 Å². The van der Waals surface area contributed by atoms with Gasteiger partial charge in [-0.05, 0) is 43.0 Å². The van der Waals surface area contributed by atoms with Crippen LogP contribution in [0.25, 0.3) is 6.08 Å². The third-order valence-electron chi connectivity index (χ3n) is 5.75. The van der Waals surface area contributed by atoms with Crippen molar-refractivity contribution >= 4 is 11.9 Å². The van der Waals surface area contributed by atoms with Crippen molar-refractivity contribution in [1.29, 1.82) is 0 Å². The van der Waals surface area contributed by atoms with Gasteiger partial charge in [0, 0.05) is 5.56 Å². The van der Waals surface area contributed by atoms with Gasteiger partial charge in [0.2, 0.25) is 5.78 Å². The maximum absolute atomic E-state index is 12.9. The lowest BCUT2D eigenvalue weighted by molar-refractivity contribution is -0.919. The Morgan fingerprint density at radius 2 is 1.96 bits per heavy atom. The molecule has 4 rings (SSSR count). The van der Waals surface area contributed by atoms with Crippen LogP contribution in [0.1, 0.15) is 41.3 Å². The van der Waals surface area contributed by atoms with Crippen LogP contribution in [0.4, 0.5) is 0 Å². The number of phenolic OH excluding ortho intramolecular Hbond substituents is 1. The van der Waals surface area contributed by atoms with Gasteiger partial charge in [0.15, 0.2) is 11.5 Å². The van der Waals surface area contributed by atoms with Gasteiger partial charge in [-0.3, -0.25) is 4.79 Å². The van der Waals surface area contributed by atoms with Crippen LogP contribution in [0.15, 0.2) is 42.2 Å². The first-order chi connectivity index (χ1) is 13.6. The van der Waals surface area contributed by atoms with Crippen molar-refractivity contribution in [2.75, 3.05) is 20.2 Å². The number of aromatic hydroxyl groups is 1. The van der Waals surface area contributed by atoms with Crippen LogP contribution in [-0.4, -0.2) is 31.1 Å². The van der Waals surface area contributed by atoms with E-state index < -0.39 is 0 Å². The Bertz CT molecular complexity index is 926. The largest absolute Gasteiger partial charge is 0.507 e. The third-order valence-corrected chi connectivity index (χ3v) is 5.75. The van der Waals surface area contributed by atoms with Gasteiger partial charge in [-0.15, -0.1) is 0 Å². The number of phenols is 1. The smallest absolute Gasteiger partial charge is 0.231 e. The standard InChI is InChI=1S/C23H25NO4/c1-15-9-11-24(12-10-15)14-18-19(25)8-7-17-22(26)21(28-23(17)18)13-16-5-3-4-6-20(16)27-2/h3-8,13,15,25H,9-12,14H2,1-2H3/p+1. The topological polar surface area (TPSA) is 60.2 Å². The van der Waals surface area contributed by atoms with Gasteiger partial charge in [0.25, 0.3) is 0 Å². The Morgan fingerprint density at radius 1 is 1.21 bits per heavy atom. The summed E-state index contributed by atoms with van der Waals surface area (Å²) in [6, 6.07) is 10.7. The van der Waals surface area contributed by atoms with Crippen molar-refractivity contribution in [3.05, 3.63) is 58.8 Å². The van der Waals surface area contributed by atoms with Crippen molar-refractivity contribution in [2.24, 2.45) is 5.92 Å². The van der Waals surface area contributed by atoms with Crippen molar-refractivity contribution in [1.82, 2.24) is 0 Å². The number of para-hydroxylation sites is 1. The van der Waals surface area contributed by atoms with Crippen LogP contribution >= 0.6 is 0 Å². The molecule has 5 heteroatoms. The summed E-state index contributed by atoms with van der Waals surface area (Å²) in [7, 11) is 1.60. The van der Waals surface area contributed by atoms with E-state index in [1.807, 2.05) is 24.3 Å². The quantitative estimate of drug-likeness (QED) is 0.801. The predicted molar refractivity (Wildman–Crippen MR) is 107 cm³/mol. The number of fused-ring (bicyclic) bond motifs is 1. The number of methoxy groups -OCH3 is 1. The predicted octanol–water partition coefficient (Wildman–Crippen LogP) is 2.83. The van der Waals surface area contributed by atoms with Crippen LogP contribution in [0.3, 0.4) is 0 Å². The number of ketones is 1. The number of hydrogen-bond donors (Lipinski definition) is 2. The zero-order chi connectivity index (χ0) is 19.7. The minimum absolute atomic E-state index is 0.163. The number of nitrogens with one attached hydrogen (secondary N) is 1. The van der Waals surface area contributed by atoms with Gasteiger partial charge >= 0.3 is 0 Å². The highest BCUT2D eigenvalue weighted by molar-refractivity contribution is 6.15. The number of rotatable bonds is 4. The second-order valence-corrected chi connectivity index (χ2v) is 7.73. The van der Waals surface area contributed by atoms with E-state index in [-0.39, 0.29) is 17.3 Å². The molecule has 0 amide bonds. The normalized spacial score (nSPS) is 22.8. The van der Waals surface area contributed by atoms with E-state index in [4.69, 9.17) is 9.47 Å². The number of carbonyl (C=O) groups is 1. The molecule has 2 aliphatic heterocycles. The zero-order valence-corrected chi connectivity index (χ0v) is 16.3. The zero-order valence-electron chi connectivity index (χ0n) is 16.3. The lowest BCUT2D eigenvalue weighted by Crippen LogP contribution is -3.11. The number of hydrogen-bond acceptors (Lipinski definition) is 4. The monoisotopic (exact) mass is 380 g/mol. The number of Topliss-reactive ketones (excluding diaryl/α,β-unsaturated/α-hetero) is 1. The van der Waals surface area contributed by atoms with Gasteiger partial charge in [0.1, 0.15) is 18.0 Å². The Balaban J connectivity index is 1.64. The van der Waals surface area contributed by atoms with Gasteiger partial charge < -0.3 is 19.5 Å². The molecule has 2 aromatic rings.